The predicted molar refractivity (Wildman–Crippen MR) is 75.7 cm³/mol. The van der Waals surface area contributed by atoms with Gasteiger partial charge in [0.05, 0.1) is 11.0 Å². The van der Waals surface area contributed by atoms with Crippen LogP contribution in [0.4, 0.5) is 10.1 Å². The SMILES string of the molecule is CCC(N)(CC)CNS(=O)(=O)c1ccc([N+](=O)[O-])cc1F. The molecule has 0 saturated carbocycles. The van der Waals surface area contributed by atoms with E-state index in [1.165, 1.54) is 0 Å². The highest BCUT2D eigenvalue weighted by Gasteiger charge is 2.26. The molecule has 0 aliphatic heterocycles. The Morgan fingerprint density at radius 1 is 1.38 bits per heavy atom. The first-order valence-corrected chi connectivity index (χ1v) is 7.86. The van der Waals surface area contributed by atoms with E-state index in [9.17, 15) is 22.9 Å². The number of nitrogens with two attached hydrogens (primary N) is 1. The number of rotatable bonds is 7. The molecule has 1 rings (SSSR count). The summed E-state index contributed by atoms with van der Waals surface area (Å²) in [5, 5.41) is 10.5. The first-order valence-electron chi connectivity index (χ1n) is 6.37. The van der Waals surface area contributed by atoms with Gasteiger partial charge in [0.25, 0.3) is 5.69 Å². The topological polar surface area (TPSA) is 115 Å². The number of hydrogen-bond donors (Lipinski definition) is 2. The van der Waals surface area contributed by atoms with Gasteiger partial charge in [-0.05, 0) is 18.9 Å². The van der Waals surface area contributed by atoms with E-state index in [1.54, 1.807) is 0 Å². The van der Waals surface area contributed by atoms with Gasteiger partial charge >= 0.3 is 0 Å². The molecule has 0 fully saturated rings. The lowest BCUT2D eigenvalue weighted by molar-refractivity contribution is -0.385. The molecule has 0 radical (unpaired) electrons. The Morgan fingerprint density at radius 2 is 1.95 bits per heavy atom. The zero-order valence-electron chi connectivity index (χ0n) is 11.8. The third-order valence-corrected chi connectivity index (χ3v) is 4.87. The molecule has 0 unspecified atom stereocenters. The molecule has 0 aliphatic carbocycles. The van der Waals surface area contributed by atoms with Crippen LogP contribution in [0.3, 0.4) is 0 Å². The average Bonchev–Trinajstić information content (AvgIpc) is 2.44. The second-order valence-corrected chi connectivity index (χ2v) is 6.50. The highest BCUT2D eigenvalue weighted by Crippen LogP contribution is 2.21. The molecule has 0 bridgehead atoms. The molecule has 3 N–H and O–H groups in total. The van der Waals surface area contributed by atoms with Crippen molar-refractivity contribution in [2.24, 2.45) is 5.73 Å². The van der Waals surface area contributed by atoms with Crippen LogP contribution in [0.25, 0.3) is 0 Å². The van der Waals surface area contributed by atoms with Crippen LogP contribution >= 0.6 is 0 Å². The third-order valence-electron chi connectivity index (χ3n) is 3.44. The number of nitro groups is 1. The number of benzene rings is 1. The minimum atomic E-state index is -4.11. The molecule has 0 atom stereocenters. The summed E-state index contributed by atoms with van der Waals surface area (Å²) < 4.78 is 40.1. The predicted octanol–water partition coefficient (Wildman–Crippen LogP) is 1.53. The van der Waals surface area contributed by atoms with Gasteiger partial charge in [-0.25, -0.2) is 17.5 Å². The van der Waals surface area contributed by atoms with Crippen molar-refractivity contribution in [3.05, 3.63) is 34.1 Å². The summed E-state index contributed by atoms with van der Waals surface area (Å²) in [6.07, 6.45) is 1.10. The molecule has 0 spiro atoms. The van der Waals surface area contributed by atoms with Gasteiger partial charge in [0, 0.05) is 18.2 Å². The van der Waals surface area contributed by atoms with E-state index >= 15 is 0 Å². The Kier molecular flexibility index (Phi) is 5.37. The second kappa shape index (κ2) is 6.46. The fraction of sp³-hybridized carbons (Fsp3) is 0.500. The Hall–Kier alpha value is -1.58. The molecule has 0 heterocycles. The van der Waals surface area contributed by atoms with Gasteiger partial charge in [-0.3, -0.25) is 10.1 Å². The summed E-state index contributed by atoms with van der Waals surface area (Å²) in [6.45, 7) is 3.60. The minimum Gasteiger partial charge on any atom is -0.324 e. The number of nitrogens with one attached hydrogen (secondary N) is 1. The number of nitro benzene ring substituents is 1. The molecule has 9 heteroatoms. The second-order valence-electron chi connectivity index (χ2n) is 4.77. The van der Waals surface area contributed by atoms with E-state index in [4.69, 9.17) is 5.73 Å². The van der Waals surface area contributed by atoms with E-state index in [-0.39, 0.29) is 6.54 Å². The summed E-state index contributed by atoms with van der Waals surface area (Å²) in [6, 6.07) is 2.38. The van der Waals surface area contributed by atoms with Crippen molar-refractivity contribution in [1.29, 1.82) is 0 Å². The maximum atomic E-state index is 13.7. The number of hydrogen-bond acceptors (Lipinski definition) is 5. The van der Waals surface area contributed by atoms with E-state index in [2.05, 4.69) is 4.72 Å². The quantitative estimate of drug-likeness (QED) is 0.584. The Labute approximate surface area is 122 Å². The zero-order valence-corrected chi connectivity index (χ0v) is 12.6. The standard InChI is InChI=1S/C12H18FN3O4S/c1-3-12(14,4-2)8-15-21(19,20)11-6-5-9(16(17)18)7-10(11)13/h5-7,15H,3-4,8,14H2,1-2H3. The van der Waals surface area contributed by atoms with Crippen molar-refractivity contribution in [1.82, 2.24) is 4.72 Å². The zero-order chi connectivity index (χ0) is 16.3. The Balaban J connectivity index is 3.01. The van der Waals surface area contributed by atoms with E-state index in [0.717, 1.165) is 12.1 Å². The van der Waals surface area contributed by atoms with Crippen LogP contribution in [0.1, 0.15) is 26.7 Å². The summed E-state index contributed by atoms with van der Waals surface area (Å²) in [5.41, 5.74) is 4.74. The fourth-order valence-corrected chi connectivity index (χ4v) is 2.83. The van der Waals surface area contributed by atoms with Crippen molar-refractivity contribution in [2.75, 3.05) is 6.54 Å². The molecule has 1 aromatic rings. The third kappa shape index (κ3) is 4.19. The lowest BCUT2D eigenvalue weighted by Gasteiger charge is -2.26. The van der Waals surface area contributed by atoms with Crippen LogP contribution in [0.5, 0.6) is 0 Å². The number of halogens is 1. The molecule has 21 heavy (non-hydrogen) atoms. The lowest BCUT2D eigenvalue weighted by atomic mass is 9.95. The highest BCUT2D eigenvalue weighted by atomic mass is 32.2. The van der Waals surface area contributed by atoms with Crippen LogP contribution in [0.15, 0.2) is 23.1 Å². The molecule has 118 valence electrons. The number of non-ortho nitro benzene ring substituents is 1. The molecular formula is C12H18FN3O4S. The van der Waals surface area contributed by atoms with E-state index in [0.29, 0.717) is 18.9 Å². The molecule has 0 saturated heterocycles. The number of nitrogens with zero attached hydrogens (tertiary/aromatic N) is 1. The van der Waals surface area contributed by atoms with Crippen LogP contribution < -0.4 is 10.5 Å². The largest absolute Gasteiger partial charge is 0.324 e. The molecule has 0 aromatic heterocycles. The highest BCUT2D eigenvalue weighted by molar-refractivity contribution is 7.89. The van der Waals surface area contributed by atoms with Crippen LogP contribution in [0, 0.1) is 15.9 Å². The van der Waals surface area contributed by atoms with Crippen LogP contribution in [0.2, 0.25) is 0 Å². The van der Waals surface area contributed by atoms with Crippen molar-refractivity contribution < 1.29 is 17.7 Å². The van der Waals surface area contributed by atoms with Crippen molar-refractivity contribution in [2.45, 2.75) is 37.1 Å². The molecule has 1 aromatic carbocycles. The summed E-state index contributed by atoms with van der Waals surface area (Å²) in [4.78, 5) is 9.07. The lowest BCUT2D eigenvalue weighted by Crippen LogP contribution is -2.49. The van der Waals surface area contributed by atoms with Crippen molar-refractivity contribution in [3.63, 3.8) is 0 Å². The van der Waals surface area contributed by atoms with E-state index in [1.807, 2.05) is 13.8 Å². The van der Waals surface area contributed by atoms with Gasteiger partial charge in [-0.1, -0.05) is 13.8 Å². The Morgan fingerprint density at radius 3 is 2.38 bits per heavy atom. The van der Waals surface area contributed by atoms with Gasteiger partial charge in [0.15, 0.2) is 0 Å². The molecule has 0 aliphatic rings. The fourth-order valence-electron chi connectivity index (χ4n) is 1.64. The first-order chi connectivity index (χ1) is 9.65. The normalized spacial score (nSPS) is 12.4. The summed E-state index contributed by atoms with van der Waals surface area (Å²) in [5.74, 6) is -1.17. The van der Waals surface area contributed by atoms with Crippen molar-refractivity contribution >= 4 is 15.7 Å². The molecule has 0 amide bonds. The van der Waals surface area contributed by atoms with Gasteiger partial charge < -0.3 is 5.73 Å². The molecule has 7 nitrogen and oxygen atoms in total. The minimum absolute atomic E-state index is 0.0429. The number of sulfonamides is 1. The molecular weight excluding hydrogens is 301 g/mol. The first kappa shape index (κ1) is 17.5. The maximum absolute atomic E-state index is 13.7. The monoisotopic (exact) mass is 319 g/mol. The van der Waals surface area contributed by atoms with Crippen molar-refractivity contribution in [3.8, 4) is 0 Å². The van der Waals surface area contributed by atoms with E-state index < -0.39 is 36.9 Å². The van der Waals surface area contributed by atoms with Crippen LogP contribution in [-0.2, 0) is 10.0 Å². The summed E-state index contributed by atoms with van der Waals surface area (Å²) in [7, 11) is -4.11. The van der Waals surface area contributed by atoms with Gasteiger partial charge in [0.2, 0.25) is 10.0 Å². The maximum Gasteiger partial charge on any atom is 0.272 e. The van der Waals surface area contributed by atoms with Gasteiger partial charge in [0.1, 0.15) is 10.7 Å². The Bertz CT molecular complexity index is 629. The average molecular weight is 319 g/mol. The smallest absolute Gasteiger partial charge is 0.272 e. The van der Waals surface area contributed by atoms with Crippen LogP contribution in [-0.4, -0.2) is 25.4 Å². The van der Waals surface area contributed by atoms with Gasteiger partial charge in [-0.15, -0.1) is 0 Å². The summed E-state index contributed by atoms with van der Waals surface area (Å²) >= 11 is 0. The van der Waals surface area contributed by atoms with Gasteiger partial charge in [-0.2, -0.15) is 0 Å².